The first-order valence-corrected chi connectivity index (χ1v) is 25.3. The minimum Gasteiger partial charge on any atom is -0.0839 e. The van der Waals surface area contributed by atoms with Crippen molar-refractivity contribution in [2.45, 2.75) is 11.8 Å². The van der Waals surface area contributed by atoms with Crippen molar-refractivity contribution in [2.75, 3.05) is 0 Å². The van der Waals surface area contributed by atoms with Crippen molar-refractivity contribution in [3.05, 3.63) is 259 Å². The molecular weight excluding hydrogens is 853 g/mol. The first kappa shape index (κ1) is 38.1. The number of benzene rings is 12. The van der Waals surface area contributed by atoms with E-state index in [1.165, 1.54) is 160 Å². The van der Waals surface area contributed by atoms with Crippen molar-refractivity contribution >= 4 is 48.7 Å². The van der Waals surface area contributed by atoms with Crippen LogP contribution in [0.5, 0.6) is 0 Å². The van der Waals surface area contributed by atoms with E-state index in [0.29, 0.717) is 5.92 Å². The van der Waals surface area contributed by atoms with E-state index >= 15 is 0 Å². The summed E-state index contributed by atoms with van der Waals surface area (Å²) in [7, 11) is 0. The van der Waals surface area contributed by atoms with Crippen molar-refractivity contribution in [3.63, 3.8) is 0 Å². The van der Waals surface area contributed by atoms with Crippen LogP contribution < -0.4 is 0 Å². The molecule has 2 atom stereocenters. The van der Waals surface area contributed by atoms with Gasteiger partial charge >= 0.3 is 0 Å². The van der Waals surface area contributed by atoms with Crippen molar-refractivity contribution in [1.82, 2.24) is 0 Å². The molecule has 326 valence electrons. The number of fused-ring (bicyclic) bond motifs is 19. The van der Waals surface area contributed by atoms with Crippen LogP contribution in [0.15, 0.2) is 237 Å². The molecule has 0 nitrogen and oxygen atoms in total. The second kappa shape index (κ2) is 13.7. The Morgan fingerprint density at radius 1 is 0.310 bits per heavy atom. The predicted molar refractivity (Wildman–Crippen MR) is 299 cm³/mol. The normalized spacial score (nSPS) is 16.9. The third-order valence-electron chi connectivity index (χ3n) is 17.3. The number of allylic oxidation sites excluding steroid dienone is 4. The summed E-state index contributed by atoms with van der Waals surface area (Å²) in [5.41, 5.74) is 27.9. The molecule has 1 spiro atoms. The summed E-state index contributed by atoms with van der Waals surface area (Å²) in [5, 5.41) is 10.4. The summed E-state index contributed by atoms with van der Waals surface area (Å²) in [6.45, 7) is 0. The molecule has 0 saturated carbocycles. The molecule has 0 bridgehead atoms. The summed E-state index contributed by atoms with van der Waals surface area (Å²) < 4.78 is 0. The molecular formula is C71H42. The monoisotopic (exact) mass is 894 g/mol. The highest BCUT2D eigenvalue weighted by molar-refractivity contribution is 6.29. The van der Waals surface area contributed by atoms with Crippen molar-refractivity contribution in [2.24, 2.45) is 5.92 Å². The highest BCUT2D eigenvalue weighted by atomic mass is 14.6. The Morgan fingerprint density at radius 3 is 1.68 bits per heavy atom. The third-order valence-corrected chi connectivity index (χ3v) is 17.3. The van der Waals surface area contributed by atoms with Crippen molar-refractivity contribution in [1.29, 1.82) is 0 Å². The van der Waals surface area contributed by atoms with Gasteiger partial charge in [-0.15, -0.1) is 0 Å². The molecule has 5 aliphatic carbocycles. The number of rotatable bonds is 3. The maximum Gasteiger partial charge on any atom is 0.0541 e. The van der Waals surface area contributed by atoms with E-state index < -0.39 is 0 Å². The van der Waals surface area contributed by atoms with Gasteiger partial charge in [0.2, 0.25) is 0 Å². The lowest BCUT2D eigenvalue weighted by Gasteiger charge is -2.36. The van der Waals surface area contributed by atoms with Crippen molar-refractivity contribution in [3.8, 4) is 89.0 Å². The highest BCUT2D eigenvalue weighted by Crippen LogP contribution is 2.68. The van der Waals surface area contributed by atoms with Crippen LogP contribution >= 0.6 is 0 Å². The molecule has 12 aromatic rings. The van der Waals surface area contributed by atoms with E-state index in [4.69, 9.17) is 0 Å². The maximum absolute atomic E-state index is 2.68. The fraction of sp³-hybridized carbons (Fsp3) is 0.0423. The van der Waals surface area contributed by atoms with E-state index in [1.54, 1.807) is 0 Å². The largest absolute Gasteiger partial charge is 0.0839 e. The van der Waals surface area contributed by atoms with Gasteiger partial charge in [-0.05, 0) is 185 Å². The average molecular weight is 895 g/mol. The Bertz CT molecular complexity index is 4460. The maximum atomic E-state index is 2.68. The van der Waals surface area contributed by atoms with Crippen LogP contribution in [0.2, 0.25) is 0 Å². The van der Waals surface area contributed by atoms with Crippen LogP contribution in [0.4, 0.5) is 0 Å². The van der Waals surface area contributed by atoms with Gasteiger partial charge in [0.25, 0.3) is 0 Å². The molecule has 0 fully saturated rings. The van der Waals surface area contributed by atoms with Gasteiger partial charge in [0.05, 0.1) is 5.41 Å². The van der Waals surface area contributed by atoms with Crippen LogP contribution in [0.25, 0.3) is 138 Å². The Kier molecular flexibility index (Phi) is 7.34. The average Bonchev–Trinajstić information content (AvgIpc) is 4.17. The first-order chi connectivity index (χ1) is 35.3. The molecule has 0 N–H and O–H groups in total. The van der Waals surface area contributed by atoms with Crippen LogP contribution in [0.1, 0.15) is 28.7 Å². The van der Waals surface area contributed by atoms with Gasteiger partial charge in [0.15, 0.2) is 0 Å². The molecule has 0 radical (unpaired) electrons. The molecule has 2 unspecified atom stereocenters. The van der Waals surface area contributed by atoms with Gasteiger partial charge in [0.1, 0.15) is 0 Å². The van der Waals surface area contributed by atoms with E-state index in [0.717, 1.165) is 6.42 Å². The zero-order chi connectivity index (χ0) is 46.1. The van der Waals surface area contributed by atoms with E-state index in [-0.39, 0.29) is 5.41 Å². The van der Waals surface area contributed by atoms with Crippen molar-refractivity contribution < 1.29 is 0 Å². The lowest BCUT2D eigenvalue weighted by atomic mass is 9.65. The molecule has 5 aliphatic rings. The van der Waals surface area contributed by atoms with Gasteiger partial charge in [0, 0.05) is 5.92 Å². The van der Waals surface area contributed by atoms with Gasteiger partial charge in [-0.1, -0.05) is 218 Å². The van der Waals surface area contributed by atoms with Gasteiger partial charge < -0.3 is 0 Å². The predicted octanol–water partition coefficient (Wildman–Crippen LogP) is 18.9. The second-order valence-electron chi connectivity index (χ2n) is 20.4. The lowest BCUT2D eigenvalue weighted by molar-refractivity contribution is 0.495. The quantitative estimate of drug-likeness (QED) is 0.166. The Labute approximate surface area is 412 Å². The number of hydrogen-bond donors (Lipinski definition) is 0. The molecule has 12 aromatic carbocycles. The molecule has 0 aromatic heterocycles. The van der Waals surface area contributed by atoms with Crippen LogP contribution in [-0.4, -0.2) is 0 Å². The standard InChI is InChI=1S/C71H42/c1-3-18-42(19-4-1)63-50-37-36-45(39-55(50)64(43-20-5-2-6-21-43)70-53-31-16-24-41-23-15-30-52(62(41)53)69(63)70)65-46-25-8-7-22-44(46)38-56-49-29-17-32-54-66(49)57(68(56)65)40-61-67(54)51-28-11-14-35-60(51)71(61)58-33-12-9-26-47(58)48-27-10-13-34-59(48)71/h1-33,35-40,59H,34H2. The van der Waals surface area contributed by atoms with E-state index in [2.05, 4.69) is 237 Å². The zero-order valence-electron chi connectivity index (χ0n) is 38.8. The molecule has 0 heteroatoms. The second-order valence-corrected chi connectivity index (χ2v) is 20.4. The van der Waals surface area contributed by atoms with Crippen LogP contribution in [0.3, 0.4) is 0 Å². The van der Waals surface area contributed by atoms with E-state index in [1.807, 2.05) is 0 Å². The summed E-state index contributed by atoms with van der Waals surface area (Å²) in [6.07, 6.45) is 8.10. The highest BCUT2D eigenvalue weighted by Gasteiger charge is 2.56. The molecule has 0 amide bonds. The van der Waals surface area contributed by atoms with Crippen LogP contribution in [-0.2, 0) is 5.41 Å². The van der Waals surface area contributed by atoms with Gasteiger partial charge in [-0.2, -0.15) is 0 Å². The van der Waals surface area contributed by atoms with Gasteiger partial charge in [-0.25, -0.2) is 0 Å². The minimum atomic E-state index is -0.318. The Hall–Kier alpha value is -8.84. The van der Waals surface area contributed by atoms with E-state index in [9.17, 15) is 0 Å². The topological polar surface area (TPSA) is 0 Å². The molecule has 71 heavy (non-hydrogen) atoms. The van der Waals surface area contributed by atoms with Crippen LogP contribution in [0, 0.1) is 5.92 Å². The fourth-order valence-corrected chi connectivity index (χ4v) is 14.8. The summed E-state index contributed by atoms with van der Waals surface area (Å²) in [5.74, 6) is 0.298. The lowest BCUT2D eigenvalue weighted by Crippen LogP contribution is -2.32. The molecule has 0 heterocycles. The third kappa shape index (κ3) is 4.67. The Balaban J connectivity index is 1.01. The molecule has 0 saturated heterocycles. The Morgan fingerprint density at radius 2 is 0.901 bits per heavy atom. The summed E-state index contributed by atoms with van der Waals surface area (Å²) in [4.78, 5) is 0. The smallest absolute Gasteiger partial charge is 0.0541 e. The summed E-state index contributed by atoms with van der Waals surface area (Å²) >= 11 is 0. The zero-order valence-corrected chi connectivity index (χ0v) is 38.8. The summed E-state index contributed by atoms with van der Waals surface area (Å²) in [6, 6.07) is 83.7. The minimum absolute atomic E-state index is 0.298. The van der Waals surface area contributed by atoms with Gasteiger partial charge in [-0.3, -0.25) is 0 Å². The molecule has 0 aliphatic heterocycles. The first-order valence-electron chi connectivity index (χ1n) is 25.3. The fourth-order valence-electron chi connectivity index (χ4n) is 14.8. The SMILES string of the molecule is C1=CCC2C(=C1)c1ccccc1C21c2ccccc2-c2c1cc1c3c(cccc23)-c2cc3ccccc3c(-c3ccc4c(-c5ccccc5)c5c(c(-c6ccccc6)c4c3)-c3cccc4cccc-5c34)c2-1. The number of hydrogen-bond acceptors (Lipinski definition) is 0. The molecule has 17 rings (SSSR count).